The average molecular weight is 251 g/mol. The topological polar surface area (TPSA) is 77.8 Å². The Morgan fingerprint density at radius 2 is 1.75 bits per heavy atom. The number of sulfonamides is 1. The molecular formula is C10H21NO4S. The fourth-order valence-corrected chi connectivity index (χ4v) is 3.02. The minimum Gasteiger partial charge on any atom is -0.390 e. The molecule has 2 N–H and O–H groups in total. The molecule has 1 aliphatic carbocycles. The molecule has 0 spiro atoms. The number of nitrogens with zero attached hydrogens (tertiary/aromatic N) is 1. The van der Waals surface area contributed by atoms with E-state index in [9.17, 15) is 18.6 Å². The summed E-state index contributed by atoms with van der Waals surface area (Å²) >= 11 is 0. The van der Waals surface area contributed by atoms with Gasteiger partial charge in [0.2, 0.25) is 10.0 Å². The van der Waals surface area contributed by atoms with E-state index in [2.05, 4.69) is 0 Å². The van der Waals surface area contributed by atoms with Gasteiger partial charge in [-0.3, -0.25) is 0 Å². The fourth-order valence-electron chi connectivity index (χ4n) is 2.31. The van der Waals surface area contributed by atoms with Gasteiger partial charge in [-0.2, -0.15) is 4.31 Å². The largest absolute Gasteiger partial charge is 0.390 e. The van der Waals surface area contributed by atoms with Gasteiger partial charge in [0.25, 0.3) is 0 Å². The van der Waals surface area contributed by atoms with Crippen molar-refractivity contribution in [2.75, 3.05) is 13.3 Å². The molecule has 0 saturated heterocycles. The molecule has 16 heavy (non-hydrogen) atoms. The molecule has 1 saturated carbocycles. The van der Waals surface area contributed by atoms with E-state index in [0.29, 0.717) is 6.42 Å². The summed E-state index contributed by atoms with van der Waals surface area (Å²) in [4.78, 5) is 0. The Balaban J connectivity index is 2.86. The fraction of sp³-hybridized carbons (Fsp3) is 1.00. The highest BCUT2D eigenvalue weighted by atomic mass is 32.2. The monoisotopic (exact) mass is 251 g/mol. The number of likely N-dealkylation sites (N-methyl/N-ethyl adjacent to an activating group) is 1. The van der Waals surface area contributed by atoms with Crippen LogP contribution in [-0.4, -0.2) is 54.5 Å². The van der Waals surface area contributed by atoms with Crippen molar-refractivity contribution in [3.8, 4) is 0 Å². The quantitative estimate of drug-likeness (QED) is 0.718. The van der Waals surface area contributed by atoms with Crippen molar-refractivity contribution < 1.29 is 18.6 Å². The van der Waals surface area contributed by atoms with Crippen molar-refractivity contribution in [3.63, 3.8) is 0 Å². The first-order valence-electron chi connectivity index (χ1n) is 5.45. The molecular weight excluding hydrogens is 230 g/mol. The molecule has 0 aromatic rings. The highest BCUT2D eigenvalue weighted by molar-refractivity contribution is 7.88. The van der Waals surface area contributed by atoms with Crippen LogP contribution < -0.4 is 0 Å². The van der Waals surface area contributed by atoms with E-state index in [4.69, 9.17) is 0 Å². The molecule has 0 aromatic carbocycles. The molecule has 0 bridgehead atoms. The van der Waals surface area contributed by atoms with Crippen molar-refractivity contribution >= 4 is 10.0 Å². The van der Waals surface area contributed by atoms with E-state index in [-0.39, 0.29) is 11.8 Å². The predicted molar refractivity (Wildman–Crippen MR) is 61.4 cm³/mol. The van der Waals surface area contributed by atoms with Crippen LogP contribution in [0.2, 0.25) is 0 Å². The summed E-state index contributed by atoms with van der Waals surface area (Å²) in [5.41, 5.74) is 0. The van der Waals surface area contributed by atoms with Gasteiger partial charge in [-0.25, -0.2) is 8.42 Å². The second kappa shape index (κ2) is 4.60. The van der Waals surface area contributed by atoms with Crippen LogP contribution in [0.15, 0.2) is 0 Å². The second-order valence-corrected chi connectivity index (χ2v) is 7.01. The standard InChI is InChI=1S/C10H21NO4S/c1-6(2)7-5-8(10(13)9(7)12)11(3)16(4,14)15/h6-10,12-13H,5H2,1-4H3/t7-,8-,9-,10+/m0/s1. The van der Waals surface area contributed by atoms with Crippen molar-refractivity contribution in [1.82, 2.24) is 4.31 Å². The van der Waals surface area contributed by atoms with Crippen LogP contribution >= 0.6 is 0 Å². The zero-order chi connectivity index (χ0) is 12.7. The molecule has 6 heteroatoms. The van der Waals surface area contributed by atoms with E-state index in [1.54, 1.807) is 0 Å². The van der Waals surface area contributed by atoms with Crippen LogP contribution in [0.25, 0.3) is 0 Å². The summed E-state index contributed by atoms with van der Waals surface area (Å²) < 4.78 is 23.9. The van der Waals surface area contributed by atoms with E-state index < -0.39 is 28.3 Å². The van der Waals surface area contributed by atoms with Crippen molar-refractivity contribution in [2.45, 2.75) is 38.5 Å². The lowest BCUT2D eigenvalue weighted by Gasteiger charge is -2.25. The molecule has 0 heterocycles. The van der Waals surface area contributed by atoms with Crippen LogP contribution in [0.4, 0.5) is 0 Å². The second-order valence-electron chi connectivity index (χ2n) is 4.97. The lowest BCUT2D eigenvalue weighted by Crippen LogP contribution is -2.43. The molecule has 5 nitrogen and oxygen atoms in total. The van der Waals surface area contributed by atoms with Gasteiger partial charge in [0.15, 0.2) is 0 Å². The Morgan fingerprint density at radius 1 is 1.25 bits per heavy atom. The van der Waals surface area contributed by atoms with Gasteiger partial charge in [-0.05, 0) is 18.3 Å². The van der Waals surface area contributed by atoms with Crippen LogP contribution in [0.3, 0.4) is 0 Å². The van der Waals surface area contributed by atoms with E-state index in [1.807, 2.05) is 13.8 Å². The van der Waals surface area contributed by atoms with Gasteiger partial charge in [0, 0.05) is 7.05 Å². The Hall–Kier alpha value is -0.170. The van der Waals surface area contributed by atoms with Crippen LogP contribution in [-0.2, 0) is 10.0 Å². The van der Waals surface area contributed by atoms with Gasteiger partial charge in [-0.15, -0.1) is 0 Å². The first-order chi connectivity index (χ1) is 7.16. The molecule has 0 unspecified atom stereocenters. The molecule has 4 atom stereocenters. The molecule has 1 rings (SSSR count). The zero-order valence-corrected chi connectivity index (χ0v) is 11.0. The Bertz CT molecular complexity index is 341. The third kappa shape index (κ3) is 2.56. The van der Waals surface area contributed by atoms with Gasteiger partial charge in [0.1, 0.15) is 0 Å². The van der Waals surface area contributed by atoms with E-state index >= 15 is 0 Å². The zero-order valence-electron chi connectivity index (χ0n) is 10.2. The predicted octanol–water partition coefficient (Wildman–Crippen LogP) is -0.356. The van der Waals surface area contributed by atoms with Crippen molar-refractivity contribution in [3.05, 3.63) is 0 Å². The highest BCUT2D eigenvalue weighted by Crippen LogP contribution is 2.35. The molecule has 0 aliphatic heterocycles. The Kier molecular flexibility index (Phi) is 3.99. The summed E-state index contributed by atoms with van der Waals surface area (Å²) in [6.45, 7) is 3.92. The number of hydrogen-bond acceptors (Lipinski definition) is 4. The summed E-state index contributed by atoms with van der Waals surface area (Å²) in [6, 6.07) is -0.516. The van der Waals surface area contributed by atoms with Gasteiger partial charge in [0.05, 0.1) is 24.5 Å². The van der Waals surface area contributed by atoms with E-state index in [1.165, 1.54) is 7.05 Å². The maximum absolute atomic E-state index is 11.4. The smallest absolute Gasteiger partial charge is 0.211 e. The maximum Gasteiger partial charge on any atom is 0.211 e. The third-order valence-electron chi connectivity index (χ3n) is 3.54. The number of rotatable bonds is 3. The third-order valence-corrected chi connectivity index (χ3v) is 4.86. The summed E-state index contributed by atoms with van der Waals surface area (Å²) in [7, 11) is -1.89. The summed E-state index contributed by atoms with van der Waals surface area (Å²) in [5.74, 6) is 0.173. The number of aliphatic hydroxyl groups is 2. The van der Waals surface area contributed by atoms with Crippen molar-refractivity contribution in [2.24, 2.45) is 11.8 Å². The Labute approximate surface area is 97.1 Å². The molecule has 0 radical (unpaired) electrons. The van der Waals surface area contributed by atoms with Gasteiger partial charge < -0.3 is 10.2 Å². The highest BCUT2D eigenvalue weighted by Gasteiger charge is 2.46. The summed E-state index contributed by atoms with van der Waals surface area (Å²) in [5, 5.41) is 19.7. The lowest BCUT2D eigenvalue weighted by atomic mass is 9.92. The number of hydrogen-bond donors (Lipinski definition) is 2. The molecule has 1 fully saturated rings. The minimum absolute atomic E-state index is 0.0517. The maximum atomic E-state index is 11.4. The van der Waals surface area contributed by atoms with Crippen molar-refractivity contribution in [1.29, 1.82) is 0 Å². The normalized spacial score (nSPS) is 36.2. The molecule has 0 aromatic heterocycles. The van der Waals surface area contributed by atoms with Crippen LogP contribution in [0.5, 0.6) is 0 Å². The lowest BCUT2D eigenvalue weighted by molar-refractivity contribution is -0.00390. The first-order valence-corrected chi connectivity index (χ1v) is 7.30. The van der Waals surface area contributed by atoms with Crippen LogP contribution in [0.1, 0.15) is 20.3 Å². The molecule has 96 valence electrons. The molecule has 1 aliphatic rings. The van der Waals surface area contributed by atoms with E-state index in [0.717, 1.165) is 10.6 Å². The SMILES string of the molecule is CC(C)[C@@H]1C[C@H](N(C)S(C)(=O)=O)[C@@H](O)[C@H]1O. The number of aliphatic hydroxyl groups excluding tert-OH is 2. The summed E-state index contributed by atoms with van der Waals surface area (Å²) in [6.07, 6.45) is -0.223. The minimum atomic E-state index is -3.33. The van der Waals surface area contributed by atoms with Gasteiger partial charge >= 0.3 is 0 Å². The average Bonchev–Trinajstić information content (AvgIpc) is 2.41. The first kappa shape index (κ1) is 13.9. The van der Waals surface area contributed by atoms with Gasteiger partial charge in [-0.1, -0.05) is 13.8 Å². The molecule has 0 amide bonds. The van der Waals surface area contributed by atoms with Crippen LogP contribution in [0, 0.1) is 11.8 Å². The Morgan fingerprint density at radius 3 is 2.06 bits per heavy atom.